The van der Waals surface area contributed by atoms with E-state index >= 15 is 0 Å². The number of amides is 1. The van der Waals surface area contributed by atoms with Gasteiger partial charge in [-0.2, -0.15) is 0 Å². The Bertz CT molecular complexity index is 566. The van der Waals surface area contributed by atoms with Crippen molar-refractivity contribution in [3.05, 3.63) is 41.8 Å². The van der Waals surface area contributed by atoms with Crippen molar-refractivity contribution < 1.29 is 18.8 Å². The standard InChI is InChI=1S/C13H13FN2O3/c1-16(6-7-17)13(18)11-8-12(19-15-11)9-2-4-10(14)5-3-9/h2-5,8,17H,6-7H2,1H3. The van der Waals surface area contributed by atoms with Gasteiger partial charge in [-0.3, -0.25) is 4.79 Å². The van der Waals surface area contributed by atoms with E-state index in [9.17, 15) is 9.18 Å². The van der Waals surface area contributed by atoms with E-state index in [-0.39, 0.29) is 30.6 Å². The van der Waals surface area contributed by atoms with Gasteiger partial charge in [0.15, 0.2) is 11.5 Å². The van der Waals surface area contributed by atoms with Crippen molar-refractivity contribution in [1.82, 2.24) is 10.1 Å². The molecule has 100 valence electrons. The molecule has 2 aromatic rings. The van der Waals surface area contributed by atoms with Gasteiger partial charge in [-0.05, 0) is 24.3 Å². The van der Waals surface area contributed by atoms with Crippen LogP contribution in [-0.4, -0.2) is 41.3 Å². The summed E-state index contributed by atoms with van der Waals surface area (Å²) in [4.78, 5) is 13.2. The van der Waals surface area contributed by atoms with E-state index < -0.39 is 0 Å². The first kappa shape index (κ1) is 13.2. The SMILES string of the molecule is CN(CCO)C(=O)c1cc(-c2ccc(F)cc2)on1. The summed E-state index contributed by atoms with van der Waals surface area (Å²) in [5, 5.41) is 12.4. The van der Waals surface area contributed by atoms with Crippen LogP contribution in [0.5, 0.6) is 0 Å². The van der Waals surface area contributed by atoms with Crippen molar-refractivity contribution >= 4 is 5.91 Å². The molecule has 19 heavy (non-hydrogen) atoms. The molecule has 1 amide bonds. The Morgan fingerprint density at radius 2 is 2.11 bits per heavy atom. The maximum Gasteiger partial charge on any atom is 0.275 e. The van der Waals surface area contributed by atoms with Gasteiger partial charge in [0.1, 0.15) is 5.82 Å². The van der Waals surface area contributed by atoms with E-state index in [1.807, 2.05) is 0 Å². The molecule has 1 aromatic carbocycles. The Balaban J connectivity index is 2.19. The average molecular weight is 264 g/mol. The first-order chi connectivity index (χ1) is 9.11. The third-order valence-corrected chi connectivity index (χ3v) is 2.64. The number of aliphatic hydroxyl groups excluding tert-OH is 1. The molecular formula is C13H13FN2O3. The van der Waals surface area contributed by atoms with Crippen molar-refractivity contribution in [3.63, 3.8) is 0 Å². The highest BCUT2D eigenvalue weighted by Gasteiger charge is 2.17. The zero-order valence-corrected chi connectivity index (χ0v) is 10.3. The van der Waals surface area contributed by atoms with Gasteiger partial charge in [0.2, 0.25) is 0 Å². The molecule has 0 radical (unpaired) electrons. The van der Waals surface area contributed by atoms with Gasteiger partial charge in [-0.1, -0.05) is 5.16 Å². The molecule has 0 saturated heterocycles. The van der Waals surface area contributed by atoms with Crippen LogP contribution in [0, 0.1) is 5.82 Å². The maximum atomic E-state index is 12.8. The molecule has 5 nitrogen and oxygen atoms in total. The second kappa shape index (κ2) is 5.62. The number of benzene rings is 1. The van der Waals surface area contributed by atoms with Gasteiger partial charge in [-0.25, -0.2) is 4.39 Å². The van der Waals surface area contributed by atoms with E-state index in [1.54, 1.807) is 19.2 Å². The lowest BCUT2D eigenvalue weighted by Crippen LogP contribution is -2.29. The van der Waals surface area contributed by atoms with E-state index in [0.29, 0.717) is 11.3 Å². The Labute approximate surface area is 109 Å². The molecule has 0 unspecified atom stereocenters. The summed E-state index contributed by atoms with van der Waals surface area (Å²) in [6.45, 7) is 0.0997. The minimum Gasteiger partial charge on any atom is -0.395 e. The summed E-state index contributed by atoms with van der Waals surface area (Å²) in [7, 11) is 1.56. The molecule has 0 aliphatic carbocycles. The van der Waals surface area contributed by atoms with Crippen molar-refractivity contribution in [2.24, 2.45) is 0 Å². The average Bonchev–Trinajstić information content (AvgIpc) is 2.88. The predicted octanol–water partition coefficient (Wildman–Crippen LogP) is 1.54. The molecule has 6 heteroatoms. The first-order valence-electron chi connectivity index (χ1n) is 5.71. The van der Waals surface area contributed by atoms with E-state index in [4.69, 9.17) is 9.63 Å². The maximum absolute atomic E-state index is 12.8. The van der Waals surface area contributed by atoms with Crippen LogP contribution in [0.4, 0.5) is 4.39 Å². The topological polar surface area (TPSA) is 66.6 Å². The Kier molecular flexibility index (Phi) is 3.91. The van der Waals surface area contributed by atoms with Gasteiger partial charge in [0, 0.05) is 25.2 Å². The zero-order valence-electron chi connectivity index (χ0n) is 10.3. The summed E-state index contributed by atoms with van der Waals surface area (Å²) in [5.74, 6) is -0.297. The number of carbonyl (C=O) groups is 1. The molecule has 2 rings (SSSR count). The molecule has 0 bridgehead atoms. The summed E-state index contributed by atoms with van der Waals surface area (Å²) >= 11 is 0. The van der Waals surface area contributed by atoms with Crippen LogP contribution in [0.2, 0.25) is 0 Å². The summed E-state index contributed by atoms with van der Waals surface area (Å²) < 4.78 is 17.9. The van der Waals surface area contributed by atoms with Crippen LogP contribution in [0.1, 0.15) is 10.5 Å². The predicted molar refractivity (Wildman–Crippen MR) is 65.9 cm³/mol. The zero-order chi connectivity index (χ0) is 13.8. The fraction of sp³-hybridized carbons (Fsp3) is 0.231. The van der Waals surface area contributed by atoms with Crippen LogP contribution in [0.25, 0.3) is 11.3 Å². The van der Waals surface area contributed by atoms with Crippen LogP contribution >= 0.6 is 0 Å². The molecule has 0 aliphatic rings. The third-order valence-electron chi connectivity index (χ3n) is 2.64. The van der Waals surface area contributed by atoms with Gasteiger partial charge in [0.05, 0.1) is 6.61 Å². The monoisotopic (exact) mass is 264 g/mol. The number of hydrogen-bond donors (Lipinski definition) is 1. The number of likely N-dealkylation sites (N-methyl/N-ethyl adjacent to an activating group) is 1. The number of halogens is 1. The fourth-order valence-electron chi connectivity index (χ4n) is 1.57. The Hall–Kier alpha value is -2.21. The van der Waals surface area contributed by atoms with Gasteiger partial charge in [0.25, 0.3) is 5.91 Å². The highest BCUT2D eigenvalue weighted by molar-refractivity contribution is 5.92. The van der Waals surface area contributed by atoms with E-state index in [2.05, 4.69) is 5.16 Å². The highest BCUT2D eigenvalue weighted by Crippen LogP contribution is 2.21. The Morgan fingerprint density at radius 3 is 2.74 bits per heavy atom. The smallest absolute Gasteiger partial charge is 0.275 e. The molecule has 0 atom stereocenters. The summed E-state index contributed by atoms with van der Waals surface area (Å²) in [5.41, 5.74) is 0.785. The molecule has 0 saturated carbocycles. The number of aliphatic hydroxyl groups is 1. The number of carbonyl (C=O) groups excluding carboxylic acids is 1. The van der Waals surface area contributed by atoms with Crippen LogP contribution in [0.15, 0.2) is 34.9 Å². The number of hydrogen-bond acceptors (Lipinski definition) is 4. The van der Waals surface area contributed by atoms with Gasteiger partial charge < -0.3 is 14.5 Å². The minimum atomic E-state index is -0.345. The normalized spacial score (nSPS) is 10.5. The lowest BCUT2D eigenvalue weighted by atomic mass is 10.1. The Morgan fingerprint density at radius 1 is 1.42 bits per heavy atom. The number of rotatable bonds is 4. The second-order valence-corrected chi connectivity index (χ2v) is 4.03. The molecule has 1 aromatic heterocycles. The molecular weight excluding hydrogens is 251 g/mol. The molecule has 1 N–H and O–H groups in total. The van der Waals surface area contributed by atoms with Crippen molar-refractivity contribution in [3.8, 4) is 11.3 Å². The van der Waals surface area contributed by atoms with Crippen LogP contribution < -0.4 is 0 Å². The largest absolute Gasteiger partial charge is 0.395 e. The second-order valence-electron chi connectivity index (χ2n) is 4.03. The highest BCUT2D eigenvalue weighted by atomic mass is 19.1. The summed E-state index contributed by atoms with van der Waals surface area (Å²) in [6.07, 6.45) is 0. The molecule has 0 aliphatic heterocycles. The van der Waals surface area contributed by atoms with Crippen LogP contribution in [0.3, 0.4) is 0 Å². The van der Waals surface area contributed by atoms with E-state index in [1.165, 1.54) is 23.1 Å². The van der Waals surface area contributed by atoms with Gasteiger partial charge in [-0.15, -0.1) is 0 Å². The minimum absolute atomic E-state index is 0.120. The fourth-order valence-corrected chi connectivity index (χ4v) is 1.57. The van der Waals surface area contributed by atoms with Crippen molar-refractivity contribution in [1.29, 1.82) is 0 Å². The molecule has 1 heterocycles. The first-order valence-corrected chi connectivity index (χ1v) is 5.71. The third kappa shape index (κ3) is 2.97. The molecule has 0 spiro atoms. The van der Waals surface area contributed by atoms with E-state index in [0.717, 1.165) is 0 Å². The molecule has 0 fully saturated rings. The number of aromatic nitrogens is 1. The van der Waals surface area contributed by atoms with Gasteiger partial charge >= 0.3 is 0 Å². The van der Waals surface area contributed by atoms with Crippen molar-refractivity contribution in [2.75, 3.05) is 20.2 Å². The number of nitrogens with zero attached hydrogens (tertiary/aromatic N) is 2. The summed E-state index contributed by atoms with van der Waals surface area (Å²) in [6, 6.07) is 7.18. The van der Waals surface area contributed by atoms with Crippen LogP contribution in [-0.2, 0) is 0 Å². The lowest BCUT2D eigenvalue weighted by Gasteiger charge is -2.12. The lowest BCUT2D eigenvalue weighted by molar-refractivity contribution is 0.0757. The van der Waals surface area contributed by atoms with Crippen molar-refractivity contribution in [2.45, 2.75) is 0 Å². The quantitative estimate of drug-likeness (QED) is 0.909.